The molecule has 0 aromatic carbocycles. The fourth-order valence-corrected chi connectivity index (χ4v) is 1.96. The van der Waals surface area contributed by atoms with E-state index in [1.807, 2.05) is 35.2 Å². The first-order valence-corrected chi connectivity index (χ1v) is 8.20. The number of carboxylic acid groups (broad SMARTS) is 1. The first-order valence-electron chi connectivity index (χ1n) is 6.59. The van der Waals surface area contributed by atoms with Crippen LogP contribution >= 0.6 is 0 Å². The second-order valence-electron chi connectivity index (χ2n) is 6.59. The summed E-state index contributed by atoms with van der Waals surface area (Å²) in [4.78, 5) is 10.00. The van der Waals surface area contributed by atoms with Crippen LogP contribution in [0, 0.1) is 0 Å². The first kappa shape index (κ1) is 22.5. The molecular formula is C12H30N2O6S+2. The number of rotatable bonds is 8. The average molecular weight is 330 g/mol. The molecule has 0 rings (SSSR count). The van der Waals surface area contributed by atoms with Crippen molar-refractivity contribution < 1.29 is 36.9 Å². The van der Waals surface area contributed by atoms with E-state index in [1.165, 1.54) is 0 Å². The number of carbonyl (C=O) groups is 1. The van der Waals surface area contributed by atoms with E-state index in [1.54, 1.807) is 0 Å². The Morgan fingerprint density at radius 2 is 1.52 bits per heavy atom. The third-order valence-corrected chi connectivity index (χ3v) is 3.29. The normalized spacial score (nSPS) is 12.5. The topological polar surface area (TPSA) is 112 Å². The van der Waals surface area contributed by atoms with Gasteiger partial charge in [0.2, 0.25) is 0 Å². The molecule has 0 radical (unpaired) electrons. The maximum Gasteiger partial charge on any atom is 0.359 e. The lowest BCUT2D eigenvalue weighted by Crippen LogP contribution is -2.43. The highest BCUT2D eigenvalue weighted by Crippen LogP contribution is 1.99. The number of aliphatic carboxylic acids is 1. The summed E-state index contributed by atoms with van der Waals surface area (Å²) in [6.45, 7) is 1.48. The van der Waals surface area contributed by atoms with Gasteiger partial charge in [-0.1, -0.05) is 0 Å². The van der Waals surface area contributed by atoms with Crippen molar-refractivity contribution in [1.29, 1.82) is 0 Å². The highest BCUT2D eigenvalue weighted by atomic mass is 32.2. The number of aliphatic hydroxyl groups is 1. The summed E-state index contributed by atoms with van der Waals surface area (Å²) in [6, 6.07) is 0. The fourth-order valence-electron chi connectivity index (χ4n) is 1.46. The second-order valence-corrected chi connectivity index (χ2v) is 8.16. The molecule has 0 fully saturated rings. The van der Waals surface area contributed by atoms with Crippen molar-refractivity contribution >= 4 is 16.1 Å². The highest BCUT2D eigenvalue weighted by molar-refractivity contribution is 7.85. The van der Waals surface area contributed by atoms with Gasteiger partial charge >= 0.3 is 5.97 Å². The van der Waals surface area contributed by atoms with Crippen LogP contribution in [0.4, 0.5) is 0 Å². The maximum absolute atomic E-state index is 10.4. The Labute approximate surface area is 127 Å². The van der Waals surface area contributed by atoms with Gasteiger partial charge in [0.1, 0.15) is 6.54 Å². The molecular weight excluding hydrogens is 300 g/mol. The van der Waals surface area contributed by atoms with Gasteiger partial charge < -0.3 is 19.2 Å². The molecule has 8 nitrogen and oxygen atoms in total. The van der Waals surface area contributed by atoms with Gasteiger partial charge in [-0.3, -0.25) is 4.55 Å². The summed E-state index contributed by atoms with van der Waals surface area (Å²) in [5, 5.41) is 16.9. The Bertz CT molecular complexity index is 400. The minimum absolute atomic E-state index is 0.0822. The molecule has 0 aromatic rings. The van der Waals surface area contributed by atoms with Gasteiger partial charge in [0.05, 0.1) is 54.1 Å². The number of quaternary nitrogens is 2. The van der Waals surface area contributed by atoms with Crippen molar-refractivity contribution in [1.82, 2.24) is 0 Å². The zero-order valence-corrected chi connectivity index (χ0v) is 14.4. The van der Waals surface area contributed by atoms with Crippen LogP contribution in [0.5, 0.6) is 0 Å². The minimum atomic E-state index is -3.83. The van der Waals surface area contributed by atoms with Gasteiger partial charge in [-0.2, -0.15) is 8.42 Å². The quantitative estimate of drug-likeness (QED) is 0.393. The summed E-state index contributed by atoms with van der Waals surface area (Å²) in [5.41, 5.74) is 0. The number of hydrogen-bond donors (Lipinski definition) is 3. The molecule has 21 heavy (non-hydrogen) atoms. The van der Waals surface area contributed by atoms with E-state index in [-0.39, 0.29) is 18.9 Å². The van der Waals surface area contributed by atoms with Crippen LogP contribution in [0.15, 0.2) is 0 Å². The van der Waals surface area contributed by atoms with Gasteiger partial charge in [0.25, 0.3) is 10.1 Å². The van der Waals surface area contributed by atoms with Crippen molar-refractivity contribution in [3.05, 3.63) is 0 Å². The van der Waals surface area contributed by atoms with Gasteiger partial charge in [-0.15, -0.1) is 0 Å². The molecule has 0 aliphatic rings. The molecule has 0 aliphatic heterocycles. The Morgan fingerprint density at radius 3 is 1.76 bits per heavy atom. The van der Waals surface area contributed by atoms with Crippen LogP contribution in [-0.4, -0.2) is 105 Å². The molecule has 0 heterocycles. The van der Waals surface area contributed by atoms with E-state index < -0.39 is 16.1 Å². The number of aliphatic hydroxyl groups excluding tert-OH is 1. The number of carboxylic acids is 1. The van der Waals surface area contributed by atoms with Crippen molar-refractivity contribution in [2.24, 2.45) is 0 Å². The summed E-state index contributed by atoms with van der Waals surface area (Å²) >= 11 is 0. The molecule has 0 saturated carbocycles. The molecule has 0 unspecified atom stereocenters. The van der Waals surface area contributed by atoms with Crippen LogP contribution in [0.25, 0.3) is 0 Å². The minimum Gasteiger partial charge on any atom is -0.477 e. The third-order valence-electron chi connectivity index (χ3n) is 2.48. The molecule has 0 bridgehead atoms. The summed E-state index contributed by atoms with van der Waals surface area (Å²) < 4.78 is 30.3. The number of hydrogen-bond acceptors (Lipinski definition) is 4. The van der Waals surface area contributed by atoms with Crippen molar-refractivity contribution in [2.45, 2.75) is 6.42 Å². The largest absolute Gasteiger partial charge is 0.477 e. The standard InChI is InChI=1S/C7H17NO4S.C5H11NO2/c1-8(2,5-6-9)4-3-7-13(10,11)12;1-6(2,3)4-5(7)8/h9H,3-7H2,1-2H3;4H2,1-3H3/p+2. The van der Waals surface area contributed by atoms with Crippen LogP contribution in [0.2, 0.25) is 0 Å². The second kappa shape index (κ2) is 9.31. The monoisotopic (exact) mass is 330 g/mol. The Morgan fingerprint density at radius 1 is 1.05 bits per heavy atom. The van der Waals surface area contributed by atoms with Crippen LogP contribution in [0.3, 0.4) is 0 Å². The van der Waals surface area contributed by atoms with Crippen LogP contribution in [-0.2, 0) is 14.9 Å². The molecule has 0 atom stereocenters. The maximum atomic E-state index is 10.4. The van der Waals surface area contributed by atoms with E-state index in [0.29, 0.717) is 28.5 Å². The molecule has 0 aliphatic carbocycles. The van der Waals surface area contributed by atoms with Crippen LogP contribution in [0.1, 0.15) is 6.42 Å². The van der Waals surface area contributed by atoms with Crippen molar-refractivity contribution in [3.8, 4) is 0 Å². The van der Waals surface area contributed by atoms with Crippen molar-refractivity contribution in [2.75, 3.05) is 67.2 Å². The molecule has 3 N–H and O–H groups in total. The number of nitrogens with zero attached hydrogens (tertiary/aromatic N) is 2. The van der Waals surface area contributed by atoms with E-state index in [9.17, 15) is 13.2 Å². The summed E-state index contributed by atoms with van der Waals surface area (Å²) in [5.74, 6) is -0.961. The predicted molar refractivity (Wildman–Crippen MR) is 80.5 cm³/mol. The Kier molecular flexibility index (Phi) is 10.00. The van der Waals surface area contributed by atoms with Gasteiger partial charge in [0.15, 0.2) is 6.54 Å². The third kappa shape index (κ3) is 21.7. The van der Waals surface area contributed by atoms with Gasteiger partial charge in [0, 0.05) is 6.42 Å². The predicted octanol–water partition coefficient (Wildman–Crippen LogP) is -0.890. The van der Waals surface area contributed by atoms with E-state index in [4.69, 9.17) is 14.8 Å². The molecule has 0 spiro atoms. The average Bonchev–Trinajstić information content (AvgIpc) is 2.10. The Hall–Kier alpha value is -0.740. The SMILES string of the molecule is C[N+](C)(C)CC(=O)O.C[N+](C)(CCO)CCCS(=O)(=O)O. The van der Waals surface area contributed by atoms with Crippen LogP contribution < -0.4 is 0 Å². The fraction of sp³-hybridized carbons (Fsp3) is 0.917. The zero-order chi connectivity index (χ0) is 17.3. The van der Waals surface area contributed by atoms with E-state index >= 15 is 0 Å². The highest BCUT2D eigenvalue weighted by Gasteiger charge is 2.15. The molecule has 0 saturated heterocycles. The molecule has 128 valence electrons. The lowest BCUT2D eigenvalue weighted by atomic mass is 10.4. The lowest BCUT2D eigenvalue weighted by molar-refractivity contribution is -0.890. The van der Waals surface area contributed by atoms with E-state index in [2.05, 4.69) is 0 Å². The summed E-state index contributed by atoms with van der Waals surface area (Å²) in [6.07, 6.45) is 0.409. The number of likely N-dealkylation sites (N-methyl/N-ethyl adjacent to an activating group) is 2. The molecule has 0 aromatic heterocycles. The van der Waals surface area contributed by atoms with Gasteiger partial charge in [-0.25, -0.2) is 4.79 Å². The molecule has 9 heteroatoms. The zero-order valence-electron chi connectivity index (χ0n) is 13.6. The lowest BCUT2D eigenvalue weighted by Gasteiger charge is -2.28. The Balaban J connectivity index is 0. The van der Waals surface area contributed by atoms with Gasteiger partial charge in [-0.05, 0) is 0 Å². The molecule has 0 amide bonds. The smallest absolute Gasteiger partial charge is 0.359 e. The van der Waals surface area contributed by atoms with Crippen molar-refractivity contribution in [3.63, 3.8) is 0 Å². The van der Waals surface area contributed by atoms with E-state index in [0.717, 1.165) is 0 Å². The first-order chi connectivity index (χ1) is 9.18. The summed E-state index contributed by atoms with van der Waals surface area (Å²) in [7, 11) is 5.50.